The van der Waals surface area contributed by atoms with Crippen LogP contribution in [0.15, 0.2) is 17.3 Å². The molecule has 1 saturated carbocycles. The van der Waals surface area contributed by atoms with Crippen molar-refractivity contribution in [2.75, 3.05) is 20.1 Å². The van der Waals surface area contributed by atoms with Crippen molar-refractivity contribution in [2.45, 2.75) is 43.2 Å². The van der Waals surface area contributed by atoms with Crippen molar-refractivity contribution in [1.82, 2.24) is 19.4 Å². The molecule has 1 aliphatic carbocycles. The molecule has 6 nitrogen and oxygen atoms in total. The lowest BCUT2D eigenvalue weighted by molar-refractivity contribution is 0.126. The van der Waals surface area contributed by atoms with Crippen LogP contribution in [0.4, 0.5) is 8.78 Å². The van der Waals surface area contributed by atoms with E-state index in [1.165, 1.54) is 29.9 Å². The molecule has 0 atom stereocenters. The average Bonchev–Trinajstić information content (AvgIpc) is 3.10. The average molecular weight is 322 g/mol. The summed E-state index contributed by atoms with van der Waals surface area (Å²) in [5.41, 5.74) is 0. The minimum atomic E-state index is -3.89. The third-order valence-corrected chi connectivity index (χ3v) is 5.06. The van der Waals surface area contributed by atoms with Gasteiger partial charge in [-0.25, -0.2) is 17.2 Å². The van der Waals surface area contributed by atoms with Gasteiger partial charge in [-0.05, 0) is 25.8 Å². The van der Waals surface area contributed by atoms with E-state index < -0.39 is 23.0 Å². The highest BCUT2D eigenvalue weighted by Crippen LogP contribution is 2.18. The molecule has 1 aliphatic rings. The Bertz CT molecular complexity index is 557. The summed E-state index contributed by atoms with van der Waals surface area (Å²) in [7, 11) is -2.76. The Balaban J connectivity index is 1.87. The molecule has 0 radical (unpaired) electrons. The number of hydrogen-bond acceptors (Lipinski definition) is 4. The van der Waals surface area contributed by atoms with Gasteiger partial charge in [-0.3, -0.25) is 4.68 Å². The van der Waals surface area contributed by atoms with Crippen molar-refractivity contribution >= 4 is 10.0 Å². The quantitative estimate of drug-likeness (QED) is 0.686. The Kier molecular flexibility index (Phi) is 5.28. The number of aryl methyl sites for hydroxylation is 1. The van der Waals surface area contributed by atoms with E-state index in [1.54, 1.807) is 0 Å². The van der Waals surface area contributed by atoms with E-state index in [4.69, 9.17) is 0 Å². The van der Waals surface area contributed by atoms with E-state index in [0.717, 1.165) is 20.0 Å². The molecule has 1 fully saturated rings. The number of rotatable bonds is 9. The molecule has 0 amide bonds. The van der Waals surface area contributed by atoms with Crippen LogP contribution in [-0.4, -0.2) is 55.1 Å². The van der Waals surface area contributed by atoms with Crippen LogP contribution in [0.2, 0.25) is 0 Å². The van der Waals surface area contributed by atoms with Crippen LogP contribution >= 0.6 is 0 Å². The van der Waals surface area contributed by atoms with E-state index in [2.05, 4.69) is 10.4 Å². The zero-order valence-corrected chi connectivity index (χ0v) is 12.7. The minimum Gasteiger partial charge on any atom is -0.314 e. The summed E-state index contributed by atoms with van der Waals surface area (Å²) < 4.78 is 50.8. The Morgan fingerprint density at radius 3 is 2.86 bits per heavy atom. The van der Waals surface area contributed by atoms with Crippen molar-refractivity contribution in [1.29, 1.82) is 0 Å². The van der Waals surface area contributed by atoms with Gasteiger partial charge in [0, 0.05) is 25.8 Å². The van der Waals surface area contributed by atoms with E-state index in [9.17, 15) is 17.2 Å². The van der Waals surface area contributed by atoms with Crippen LogP contribution in [0.1, 0.15) is 19.3 Å². The minimum absolute atomic E-state index is 0.0548. The molecule has 1 heterocycles. The normalized spacial score (nSPS) is 16.0. The Hall–Kier alpha value is -1.06. The lowest BCUT2D eigenvalue weighted by atomic mass is 10.4. The smallest absolute Gasteiger partial charge is 0.252 e. The topological polar surface area (TPSA) is 67.2 Å². The van der Waals surface area contributed by atoms with Crippen molar-refractivity contribution in [3.05, 3.63) is 12.4 Å². The first kappa shape index (κ1) is 16.3. The van der Waals surface area contributed by atoms with Gasteiger partial charge in [-0.1, -0.05) is 0 Å². The summed E-state index contributed by atoms with van der Waals surface area (Å²) in [6.07, 6.45) is 3.17. The summed E-state index contributed by atoms with van der Waals surface area (Å²) in [5, 5.41) is 7.32. The molecule has 0 bridgehead atoms. The largest absolute Gasteiger partial charge is 0.314 e. The molecule has 0 aromatic carbocycles. The molecule has 1 N–H and O–H groups in total. The molecule has 120 valence electrons. The predicted molar refractivity (Wildman–Crippen MR) is 73.7 cm³/mol. The van der Waals surface area contributed by atoms with Crippen molar-refractivity contribution in [3.63, 3.8) is 0 Å². The summed E-state index contributed by atoms with van der Waals surface area (Å²) in [6.45, 7) is 0.629. The SMILES string of the molecule is CN(CC(F)F)S(=O)(=O)c1cnn(CCCNC2CC2)c1. The number of nitrogens with zero attached hydrogens (tertiary/aromatic N) is 3. The standard InChI is InChI=1S/C12H20F2N4O2S/c1-17(9-12(13)14)21(19,20)11-7-16-18(8-11)6-2-5-15-10-3-4-10/h7-8,10,12,15H,2-6,9H2,1H3. The number of halogens is 2. The molecule has 0 saturated heterocycles. The zero-order chi connectivity index (χ0) is 15.5. The Labute approximate surface area is 123 Å². The number of nitrogens with one attached hydrogen (secondary N) is 1. The zero-order valence-electron chi connectivity index (χ0n) is 11.9. The van der Waals surface area contributed by atoms with Gasteiger partial charge in [-0.15, -0.1) is 0 Å². The van der Waals surface area contributed by atoms with E-state index in [1.807, 2.05) is 0 Å². The summed E-state index contributed by atoms with van der Waals surface area (Å²) in [4.78, 5) is -0.0548. The summed E-state index contributed by atoms with van der Waals surface area (Å²) in [5.74, 6) is 0. The fraction of sp³-hybridized carbons (Fsp3) is 0.750. The van der Waals surface area contributed by atoms with Crippen LogP contribution in [0, 0.1) is 0 Å². The maximum absolute atomic E-state index is 12.3. The van der Waals surface area contributed by atoms with E-state index in [-0.39, 0.29) is 4.90 Å². The number of sulfonamides is 1. The molecular weight excluding hydrogens is 302 g/mol. The van der Waals surface area contributed by atoms with Gasteiger partial charge in [-0.2, -0.15) is 9.40 Å². The van der Waals surface area contributed by atoms with E-state index in [0.29, 0.717) is 16.9 Å². The summed E-state index contributed by atoms with van der Waals surface area (Å²) >= 11 is 0. The molecule has 0 unspecified atom stereocenters. The van der Waals surface area contributed by atoms with Gasteiger partial charge in [0.25, 0.3) is 6.43 Å². The van der Waals surface area contributed by atoms with Crippen molar-refractivity contribution in [3.8, 4) is 0 Å². The molecule has 1 aromatic heterocycles. The van der Waals surface area contributed by atoms with Crippen molar-refractivity contribution < 1.29 is 17.2 Å². The number of hydrogen-bond donors (Lipinski definition) is 1. The predicted octanol–water partition coefficient (Wildman–Crippen LogP) is 0.911. The highest BCUT2D eigenvalue weighted by molar-refractivity contribution is 7.89. The first-order valence-corrected chi connectivity index (χ1v) is 8.34. The maximum atomic E-state index is 12.3. The monoisotopic (exact) mass is 322 g/mol. The molecule has 1 aromatic rings. The van der Waals surface area contributed by atoms with Crippen LogP contribution in [0.3, 0.4) is 0 Å². The first-order valence-electron chi connectivity index (χ1n) is 6.90. The van der Waals surface area contributed by atoms with Crippen molar-refractivity contribution in [2.24, 2.45) is 0 Å². The lowest BCUT2D eigenvalue weighted by Gasteiger charge is -2.14. The Morgan fingerprint density at radius 2 is 2.24 bits per heavy atom. The third kappa shape index (κ3) is 4.72. The lowest BCUT2D eigenvalue weighted by Crippen LogP contribution is -2.31. The van der Waals surface area contributed by atoms with Gasteiger partial charge in [0.1, 0.15) is 4.90 Å². The highest BCUT2D eigenvalue weighted by Gasteiger charge is 2.25. The molecule has 0 spiro atoms. The van der Waals surface area contributed by atoms with Gasteiger partial charge in [0.15, 0.2) is 0 Å². The number of alkyl halides is 2. The van der Waals surface area contributed by atoms with Gasteiger partial charge in [0.05, 0.1) is 12.7 Å². The third-order valence-electron chi connectivity index (χ3n) is 3.29. The van der Waals surface area contributed by atoms with Crippen LogP contribution in [-0.2, 0) is 16.6 Å². The molecule has 0 aliphatic heterocycles. The Morgan fingerprint density at radius 1 is 1.52 bits per heavy atom. The van der Waals surface area contributed by atoms with Crippen LogP contribution < -0.4 is 5.32 Å². The van der Waals surface area contributed by atoms with Gasteiger partial charge in [0.2, 0.25) is 10.0 Å². The second kappa shape index (κ2) is 6.80. The molecule has 9 heteroatoms. The second-order valence-electron chi connectivity index (χ2n) is 5.20. The van der Waals surface area contributed by atoms with E-state index >= 15 is 0 Å². The fourth-order valence-electron chi connectivity index (χ4n) is 1.91. The number of aromatic nitrogens is 2. The first-order chi connectivity index (χ1) is 9.89. The highest BCUT2D eigenvalue weighted by atomic mass is 32.2. The van der Waals surface area contributed by atoms with Gasteiger partial charge < -0.3 is 5.32 Å². The fourth-order valence-corrected chi connectivity index (χ4v) is 3.01. The molecule has 2 rings (SSSR count). The molecule has 21 heavy (non-hydrogen) atoms. The second-order valence-corrected chi connectivity index (χ2v) is 7.24. The summed E-state index contributed by atoms with van der Waals surface area (Å²) in [6, 6.07) is 0.640. The molecular formula is C12H20F2N4O2S. The van der Waals surface area contributed by atoms with Gasteiger partial charge >= 0.3 is 0 Å². The van der Waals surface area contributed by atoms with Crippen LogP contribution in [0.5, 0.6) is 0 Å². The maximum Gasteiger partial charge on any atom is 0.252 e. The van der Waals surface area contributed by atoms with Crippen LogP contribution in [0.25, 0.3) is 0 Å².